The topological polar surface area (TPSA) is 189 Å². The SMILES string of the molecule is CO[C@H]1C[C@@H](O)CC[C@@H](C)[C@H](O)C(=O)C(=O)N2CCCC[C@@H]2C(=O)O[C@H]2CC([C@H]3CC[C@@H](O)[C@H](OC)C3)(C[C@H](C)/C=C(\C)[C@@H](O)[C@@H](OC)C(=O)[C@H](C)C[C@H](C)C=CC=C/C=C/1C)C2C.[HH].[HH].[HH]. The zero-order valence-corrected chi connectivity index (χ0v) is 40.3. The molecule has 2 aliphatic carbocycles. The summed E-state index contributed by atoms with van der Waals surface area (Å²) in [5, 5.41) is 44.4. The van der Waals surface area contributed by atoms with E-state index in [1.54, 1.807) is 21.1 Å². The van der Waals surface area contributed by atoms with Crippen LogP contribution in [0.2, 0.25) is 0 Å². The van der Waals surface area contributed by atoms with Gasteiger partial charge < -0.3 is 44.3 Å². The Bertz CT molecular complexity index is 1710. The average molecular weight is 906 g/mol. The highest BCUT2D eigenvalue weighted by atomic mass is 16.5. The van der Waals surface area contributed by atoms with Gasteiger partial charge in [-0.2, -0.15) is 0 Å². The highest BCUT2D eigenvalue weighted by Crippen LogP contribution is 2.60. The van der Waals surface area contributed by atoms with Gasteiger partial charge in [0, 0.05) is 44.5 Å². The molecule has 13 nitrogen and oxygen atoms in total. The molecule has 2 saturated carbocycles. The predicted molar refractivity (Wildman–Crippen MR) is 251 cm³/mol. The molecule has 64 heavy (non-hydrogen) atoms. The molecule has 0 aromatic rings. The Kier molecular flexibility index (Phi) is 20.6. The van der Waals surface area contributed by atoms with E-state index in [4.69, 9.17) is 18.9 Å². The number of hydrogen-bond donors (Lipinski definition) is 4. The number of ketones is 2. The molecule has 1 amide bonds. The molecule has 0 spiro atoms. The molecule has 13 heteroatoms. The van der Waals surface area contributed by atoms with E-state index in [-0.39, 0.29) is 76.7 Å². The van der Waals surface area contributed by atoms with Crippen molar-refractivity contribution in [1.29, 1.82) is 0 Å². The van der Waals surface area contributed by atoms with Gasteiger partial charge >= 0.3 is 5.97 Å². The van der Waals surface area contributed by atoms with Gasteiger partial charge in [-0.15, -0.1) is 0 Å². The van der Waals surface area contributed by atoms with Crippen molar-refractivity contribution in [3.8, 4) is 0 Å². The van der Waals surface area contributed by atoms with E-state index in [1.165, 1.54) is 12.0 Å². The third kappa shape index (κ3) is 13.3. The highest BCUT2D eigenvalue weighted by Gasteiger charge is 2.59. The van der Waals surface area contributed by atoms with Crippen LogP contribution in [0.25, 0.3) is 0 Å². The zero-order chi connectivity index (χ0) is 47.5. The maximum Gasteiger partial charge on any atom is 0.329 e. The van der Waals surface area contributed by atoms with Gasteiger partial charge in [-0.05, 0) is 131 Å². The number of esters is 1. The van der Waals surface area contributed by atoms with Crippen molar-refractivity contribution in [1.82, 2.24) is 4.90 Å². The quantitative estimate of drug-likeness (QED) is 0.129. The Morgan fingerprint density at radius 1 is 0.750 bits per heavy atom. The Hall–Kier alpha value is -3.04. The molecule has 3 aliphatic heterocycles. The van der Waals surface area contributed by atoms with Gasteiger partial charge in [0.1, 0.15) is 30.5 Å². The fourth-order valence-electron chi connectivity index (χ4n) is 11.1. The lowest BCUT2D eigenvalue weighted by Gasteiger charge is -2.60. The summed E-state index contributed by atoms with van der Waals surface area (Å²) in [6.07, 6.45) is 11.6. The molecule has 2 unspecified atom stereocenters. The van der Waals surface area contributed by atoms with Crippen molar-refractivity contribution < 1.29 is 62.8 Å². The van der Waals surface area contributed by atoms with Crippen LogP contribution in [0.15, 0.2) is 47.6 Å². The Balaban J connectivity index is 0.00000748. The lowest BCUT2D eigenvalue weighted by molar-refractivity contribution is -0.202. The van der Waals surface area contributed by atoms with Crippen molar-refractivity contribution in [2.75, 3.05) is 27.9 Å². The van der Waals surface area contributed by atoms with E-state index in [9.17, 15) is 39.6 Å². The molecule has 2 bridgehead atoms. The Morgan fingerprint density at radius 3 is 2.12 bits per heavy atom. The number of aliphatic hydroxyl groups excluding tert-OH is 4. The monoisotopic (exact) mass is 906 g/mol. The second-order valence-corrected chi connectivity index (χ2v) is 19.9. The van der Waals surface area contributed by atoms with Gasteiger partial charge in [-0.3, -0.25) is 14.4 Å². The molecule has 5 aliphatic rings. The third-order valence-electron chi connectivity index (χ3n) is 15.2. The van der Waals surface area contributed by atoms with Gasteiger partial charge in [0.25, 0.3) is 5.91 Å². The first-order chi connectivity index (χ1) is 30.3. The summed E-state index contributed by atoms with van der Waals surface area (Å²) in [5.74, 6) is -3.55. The normalized spacial score (nSPS) is 41.8. The third-order valence-corrected chi connectivity index (χ3v) is 15.2. The molecule has 16 atom stereocenters. The Labute approximate surface area is 387 Å². The lowest BCUT2D eigenvalue weighted by atomic mass is 9.48. The number of allylic oxidation sites excluding steroid dienone is 6. The van der Waals surface area contributed by atoms with Crippen LogP contribution in [0.4, 0.5) is 0 Å². The van der Waals surface area contributed by atoms with E-state index >= 15 is 0 Å². The van der Waals surface area contributed by atoms with Crippen molar-refractivity contribution in [3.05, 3.63) is 47.6 Å². The number of amides is 1. The second kappa shape index (κ2) is 24.6. The minimum absolute atomic E-state index is 0. The number of carbonyl (C=O) groups is 4. The molecule has 0 radical (unpaired) electrons. The first-order valence-electron chi connectivity index (χ1n) is 23.9. The molecular formula is C51H87NO12. The number of piperidine rings is 1. The summed E-state index contributed by atoms with van der Waals surface area (Å²) >= 11 is 0. The molecule has 5 rings (SSSR count). The number of hydrogen-bond acceptors (Lipinski definition) is 12. The van der Waals surface area contributed by atoms with Crippen LogP contribution in [-0.4, -0.2) is 132 Å². The minimum Gasteiger partial charge on any atom is -0.461 e. The van der Waals surface area contributed by atoms with Crippen LogP contribution < -0.4 is 0 Å². The minimum atomic E-state index is -1.60. The second-order valence-electron chi connectivity index (χ2n) is 19.9. The summed E-state index contributed by atoms with van der Waals surface area (Å²) < 4.78 is 23.3. The number of fused-ring (bicyclic) bond motifs is 21. The van der Waals surface area contributed by atoms with Crippen LogP contribution in [0, 0.1) is 40.9 Å². The maximum atomic E-state index is 14.0. The standard InChI is InChI=1S/C51H81NO12.3H2/c1-30-16-12-11-13-17-32(3)41(61-8)27-38(53)21-19-33(4)44(55)47(58)49(59)52-23-15-14-18-39(52)50(60)64-43-29-51(36(43)7,37-20-22-40(54)42(26-37)62-9)28-31(2)25-35(6)46(57)48(63-10)45(56)34(5)24-30;;;/h11-13,16-17,25,30-31,33-34,36-44,46,48,53-55,57H,14-15,18-24,26-29H2,1-10H3;3*1H/b13-11?,16-12?,32-17+,35-25+;;;/t30-,31-,33-,34-,36?,37+,38+,39-,40-,41+,42-,43+,44+,46-,48+,51?;;;/m1.../s1. The summed E-state index contributed by atoms with van der Waals surface area (Å²) in [6.45, 7) is 13.7. The first kappa shape index (κ1) is 53.6. The lowest BCUT2D eigenvalue weighted by Crippen LogP contribution is -2.60. The van der Waals surface area contributed by atoms with Gasteiger partial charge in [0.2, 0.25) is 5.78 Å². The summed E-state index contributed by atoms with van der Waals surface area (Å²) in [4.78, 5) is 56.4. The van der Waals surface area contributed by atoms with Crippen LogP contribution in [0.5, 0.6) is 0 Å². The van der Waals surface area contributed by atoms with Crippen molar-refractivity contribution >= 4 is 23.4 Å². The fraction of sp³-hybridized carbons (Fsp3) is 0.765. The molecule has 0 aromatic heterocycles. The van der Waals surface area contributed by atoms with Crippen molar-refractivity contribution in [3.63, 3.8) is 0 Å². The van der Waals surface area contributed by atoms with E-state index in [0.717, 1.165) is 12.0 Å². The molecule has 4 N–H and O–H groups in total. The maximum absolute atomic E-state index is 14.0. The molecule has 3 fully saturated rings. The van der Waals surface area contributed by atoms with Gasteiger partial charge in [-0.25, -0.2) is 4.79 Å². The summed E-state index contributed by atoms with van der Waals surface area (Å²) in [6, 6.07) is -0.963. The van der Waals surface area contributed by atoms with Gasteiger partial charge in [-0.1, -0.05) is 71.1 Å². The van der Waals surface area contributed by atoms with Crippen molar-refractivity contribution in [2.45, 2.75) is 180 Å². The van der Waals surface area contributed by atoms with E-state index in [1.807, 2.05) is 64.2 Å². The molecule has 368 valence electrons. The molecule has 3 heterocycles. The number of ether oxygens (including phenoxy) is 4. The van der Waals surface area contributed by atoms with Crippen LogP contribution in [0.3, 0.4) is 0 Å². The van der Waals surface area contributed by atoms with Crippen molar-refractivity contribution in [2.24, 2.45) is 40.9 Å². The predicted octanol–water partition coefficient (Wildman–Crippen LogP) is 6.98. The van der Waals surface area contributed by atoms with Gasteiger partial charge in [0.05, 0.1) is 24.4 Å². The van der Waals surface area contributed by atoms with Crippen LogP contribution in [-0.2, 0) is 38.1 Å². The number of aliphatic hydroxyl groups is 4. The summed E-state index contributed by atoms with van der Waals surface area (Å²) in [7, 11) is 4.63. The van der Waals surface area contributed by atoms with E-state index in [2.05, 4.69) is 13.8 Å². The number of nitrogens with zero attached hydrogens (tertiary/aromatic N) is 1. The number of rotatable bonds is 4. The van der Waals surface area contributed by atoms with Crippen LogP contribution >= 0.6 is 0 Å². The summed E-state index contributed by atoms with van der Waals surface area (Å²) in [5.41, 5.74) is 1.22. The largest absolute Gasteiger partial charge is 0.461 e. The zero-order valence-electron chi connectivity index (χ0n) is 40.3. The van der Waals surface area contributed by atoms with E-state index in [0.29, 0.717) is 63.4 Å². The fourth-order valence-corrected chi connectivity index (χ4v) is 11.1. The first-order valence-corrected chi connectivity index (χ1v) is 23.9. The van der Waals surface area contributed by atoms with Crippen LogP contribution in [0.1, 0.15) is 130 Å². The molecular weight excluding hydrogens is 819 g/mol. The molecule has 0 aromatic carbocycles. The Morgan fingerprint density at radius 2 is 1.47 bits per heavy atom. The number of methoxy groups -OCH3 is 3. The van der Waals surface area contributed by atoms with E-state index < -0.39 is 66.2 Å². The smallest absolute Gasteiger partial charge is 0.329 e. The highest BCUT2D eigenvalue weighted by molar-refractivity contribution is 6.38. The number of Topliss-reactive ketones (excluding diaryl/α,β-unsaturated/α-hetero) is 2. The average Bonchev–Trinajstić information content (AvgIpc) is 3.28. The number of carbonyl (C=O) groups excluding carboxylic acids is 4. The molecule has 1 saturated heterocycles. The van der Waals surface area contributed by atoms with Gasteiger partial charge in [0.15, 0.2) is 5.78 Å².